The molecular weight excluding hydrogens is 761 g/mol. The number of amidine groups is 1. The zero-order valence-corrected chi connectivity index (χ0v) is 34.0. The Morgan fingerprint density at radius 2 is 0.806 bits per heavy atom. The molecule has 2 heterocycles. The number of furan rings is 1. The third-order valence-corrected chi connectivity index (χ3v) is 10.6. The summed E-state index contributed by atoms with van der Waals surface area (Å²) >= 11 is 0. The minimum absolute atomic E-state index is 0.516. The summed E-state index contributed by atoms with van der Waals surface area (Å²) in [5.41, 5.74) is 18.2. The third-order valence-electron chi connectivity index (χ3n) is 10.6. The SMILES string of the molecule is C=NCc1ccccc1.NC(=NCc1ccccc1)c1ccc(-c2cccc3c2oc2c(-c4ccc(-c5nc(-c6ccccc6)nc(-c6ccccc6)n5)cc4)cccc23)cc1. The van der Waals surface area contributed by atoms with Crippen molar-refractivity contribution in [3.63, 3.8) is 0 Å². The Kier molecular flexibility index (Phi) is 11.6. The number of aromatic nitrogens is 3. The van der Waals surface area contributed by atoms with Crippen molar-refractivity contribution >= 4 is 34.5 Å². The first-order valence-corrected chi connectivity index (χ1v) is 20.4. The number of hydrogen-bond donors (Lipinski definition) is 1. The number of rotatable bonds is 10. The molecule has 0 radical (unpaired) electrons. The molecule has 0 atom stereocenters. The van der Waals surface area contributed by atoms with Crippen molar-refractivity contribution in [1.29, 1.82) is 0 Å². The highest BCUT2D eigenvalue weighted by Crippen LogP contribution is 2.40. The second-order valence-electron chi connectivity index (χ2n) is 14.7. The van der Waals surface area contributed by atoms with E-state index in [9.17, 15) is 0 Å². The quantitative estimate of drug-likeness (QED) is 0.110. The molecule has 298 valence electrons. The van der Waals surface area contributed by atoms with Crippen LogP contribution in [0.15, 0.2) is 221 Å². The van der Waals surface area contributed by atoms with Crippen molar-refractivity contribution < 1.29 is 4.42 Å². The van der Waals surface area contributed by atoms with Crippen molar-refractivity contribution in [2.75, 3.05) is 0 Å². The summed E-state index contributed by atoms with van der Waals surface area (Å²) in [4.78, 5) is 23.0. The van der Waals surface area contributed by atoms with Gasteiger partial charge in [0.2, 0.25) is 0 Å². The molecule has 7 nitrogen and oxygen atoms in total. The molecule has 2 N–H and O–H groups in total. The molecule has 10 aromatic rings. The van der Waals surface area contributed by atoms with Gasteiger partial charge in [0.15, 0.2) is 17.5 Å². The molecule has 0 bridgehead atoms. The molecule has 0 spiro atoms. The lowest BCUT2D eigenvalue weighted by molar-refractivity contribution is 0.671. The fraction of sp³-hybridized carbons (Fsp3) is 0.0364. The molecule has 0 aliphatic carbocycles. The highest BCUT2D eigenvalue weighted by molar-refractivity contribution is 6.13. The maximum atomic E-state index is 6.75. The Bertz CT molecular complexity index is 3050. The lowest BCUT2D eigenvalue weighted by Crippen LogP contribution is -2.13. The van der Waals surface area contributed by atoms with Gasteiger partial charge in [-0.15, -0.1) is 0 Å². The minimum atomic E-state index is 0.516. The molecule has 0 saturated carbocycles. The zero-order chi connectivity index (χ0) is 42.1. The average molecular weight is 803 g/mol. The Morgan fingerprint density at radius 3 is 1.26 bits per heavy atom. The lowest BCUT2D eigenvalue weighted by Gasteiger charge is -2.09. The monoisotopic (exact) mass is 802 g/mol. The van der Waals surface area contributed by atoms with Gasteiger partial charge in [-0.2, -0.15) is 0 Å². The minimum Gasteiger partial charge on any atom is -0.455 e. The van der Waals surface area contributed by atoms with Crippen LogP contribution in [-0.4, -0.2) is 27.5 Å². The Labute approximate surface area is 360 Å². The molecular formula is C55H42N6O. The van der Waals surface area contributed by atoms with E-state index in [2.05, 4.69) is 102 Å². The Hall–Kier alpha value is -8.29. The second kappa shape index (κ2) is 18.3. The van der Waals surface area contributed by atoms with Gasteiger partial charge in [0.05, 0.1) is 13.1 Å². The third kappa shape index (κ3) is 8.69. The van der Waals surface area contributed by atoms with Gasteiger partial charge in [-0.05, 0) is 29.0 Å². The van der Waals surface area contributed by atoms with E-state index < -0.39 is 0 Å². The highest BCUT2D eigenvalue weighted by atomic mass is 16.3. The molecule has 10 rings (SSSR count). The number of hydrogen-bond acceptors (Lipinski definition) is 6. The highest BCUT2D eigenvalue weighted by Gasteiger charge is 2.17. The smallest absolute Gasteiger partial charge is 0.164 e. The predicted molar refractivity (Wildman–Crippen MR) is 255 cm³/mol. The van der Waals surface area contributed by atoms with E-state index in [0.29, 0.717) is 29.9 Å². The van der Waals surface area contributed by atoms with Crippen LogP contribution in [0.1, 0.15) is 16.7 Å². The summed E-state index contributed by atoms with van der Waals surface area (Å²) in [6.07, 6.45) is 0. The van der Waals surface area contributed by atoms with Gasteiger partial charge in [-0.25, -0.2) is 15.0 Å². The molecule has 7 heteroatoms. The largest absolute Gasteiger partial charge is 0.455 e. The summed E-state index contributed by atoms with van der Waals surface area (Å²) in [5.74, 6) is 2.40. The normalized spacial score (nSPS) is 11.3. The maximum absolute atomic E-state index is 6.75. The van der Waals surface area contributed by atoms with Crippen molar-refractivity contribution in [1.82, 2.24) is 15.0 Å². The number of nitrogens with zero attached hydrogens (tertiary/aromatic N) is 5. The molecule has 62 heavy (non-hydrogen) atoms. The number of aliphatic imine (C=N–C) groups is 2. The van der Waals surface area contributed by atoms with Crippen LogP contribution in [-0.2, 0) is 13.1 Å². The molecule has 0 amide bonds. The maximum Gasteiger partial charge on any atom is 0.164 e. The van der Waals surface area contributed by atoms with Crippen LogP contribution in [0.2, 0.25) is 0 Å². The predicted octanol–water partition coefficient (Wildman–Crippen LogP) is 12.9. The van der Waals surface area contributed by atoms with Crippen LogP contribution in [0, 0.1) is 0 Å². The number of benzene rings is 8. The molecule has 2 aromatic heterocycles. The second-order valence-corrected chi connectivity index (χ2v) is 14.7. The Morgan fingerprint density at radius 1 is 0.419 bits per heavy atom. The van der Waals surface area contributed by atoms with Crippen molar-refractivity contribution in [3.8, 4) is 56.4 Å². The number of nitrogens with two attached hydrogens (primary N) is 1. The van der Waals surface area contributed by atoms with Crippen LogP contribution in [0.5, 0.6) is 0 Å². The molecule has 8 aromatic carbocycles. The fourth-order valence-corrected chi connectivity index (χ4v) is 7.40. The van der Waals surface area contributed by atoms with Crippen LogP contribution < -0.4 is 5.73 Å². The van der Waals surface area contributed by atoms with Gasteiger partial charge in [0.25, 0.3) is 0 Å². The van der Waals surface area contributed by atoms with Crippen molar-refractivity contribution in [2.45, 2.75) is 13.1 Å². The summed E-state index contributed by atoms with van der Waals surface area (Å²) in [5, 5.41) is 2.13. The topological polar surface area (TPSA) is 103 Å². The van der Waals surface area contributed by atoms with Crippen LogP contribution in [0.3, 0.4) is 0 Å². The molecule has 0 aliphatic heterocycles. The van der Waals surface area contributed by atoms with E-state index >= 15 is 0 Å². The standard InChI is InChI=1S/C47H33N5O.C8H9N/c48-44(49-30-31-12-4-1-5-13-31)34-26-22-32(23-27-34)38-18-10-20-40-41-21-11-19-39(43(41)53-42(38)40)33-24-28-37(29-25-33)47-51-45(35-14-6-2-7-15-35)50-46(52-47)36-16-8-3-9-17-36;1-9-7-8-5-3-2-4-6-8/h1-29H,30H2,(H2,48,49);2-6H,1,7H2. The number of para-hydroxylation sites is 2. The van der Waals surface area contributed by atoms with Gasteiger partial charge in [0, 0.05) is 44.2 Å². The van der Waals surface area contributed by atoms with Gasteiger partial charge in [-0.3, -0.25) is 9.98 Å². The van der Waals surface area contributed by atoms with Gasteiger partial charge < -0.3 is 10.2 Å². The van der Waals surface area contributed by atoms with Gasteiger partial charge in [0.1, 0.15) is 17.0 Å². The van der Waals surface area contributed by atoms with Crippen LogP contribution >= 0.6 is 0 Å². The first-order valence-electron chi connectivity index (χ1n) is 20.4. The number of fused-ring (bicyclic) bond motifs is 3. The summed E-state index contributed by atoms with van der Waals surface area (Å²) in [6.45, 7) is 4.67. The van der Waals surface area contributed by atoms with E-state index in [1.54, 1.807) is 0 Å². The van der Waals surface area contributed by atoms with Crippen molar-refractivity contribution in [2.24, 2.45) is 15.7 Å². The lowest BCUT2D eigenvalue weighted by atomic mass is 9.99. The van der Waals surface area contributed by atoms with Crippen LogP contribution in [0.25, 0.3) is 78.4 Å². The van der Waals surface area contributed by atoms with E-state index in [4.69, 9.17) is 25.1 Å². The average Bonchev–Trinajstić information content (AvgIpc) is 3.74. The molecule has 0 fully saturated rings. The fourth-order valence-electron chi connectivity index (χ4n) is 7.40. The first kappa shape index (κ1) is 39.2. The van der Waals surface area contributed by atoms with E-state index in [1.807, 2.05) is 121 Å². The first-order chi connectivity index (χ1) is 30.6. The van der Waals surface area contributed by atoms with Gasteiger partial charge in [-0.1, -0.05) is 206 Å². The van der Waals surface area contributed by atoms with Crippen LogP contribution in [0.4, 0.5) is 0 Å². The summed E-state index contributed by atoms with van der Waals surface area (Å²) < 4.78 is 6.75. The van der Waals surface area contributed by atoms with E-state index in [1.165, 1.54) is 5.56 Å². The summed E-state index contributed by atoms with van der Waals surface area (Å²) in [6, 6.07) is 69.4. The van der Waals surface area contributed by atoms with Gasteiger partial charge >= 0.3 is 0 Å². The molecule has 0 unspecified atom stereocenters. The van der Waals surface area contributed by atoms with E-state index in [-0.39, 0.29) is 0 Å². The molecule has 0 aliphatic rings. The van der Waals surface area contributed by atoms with E-state index in [0.717, 1.165) is 78.6 Å². The Balaban J connectivity index is 0.000000486. The zero-order valence-electron chi connectivity index (χ0n) is 34.0. The van der Waals surface area contributed by atoms with Crippen molar-refractivity contribution in [3.05, 3.63) is 223 Å². The summed E-state index contributed by atoms with van der Waals surface area (Å²) in [7, 11) is 0. The molecule has 0 saturated heterocycles.